The molecule has 1 heterocycles. The van der Waals surface area contributed by atoms with Gasteiger partial charge in [-0.05, 0) is 16.7 Å². The zero-order chi connectivity index (χ0) is 21.6. The van der Waals surface area contributed by atoms with Crippen LogP contribution in [0.4, 0.5) is 0 Å². The molecule has 0 spiro atoms. The van der Waals surface area contributed by atoms with Crippen LogP contribution in [0.15, 0.2) is 91.0 Å². The number of aliphatic carboxylic acids is 1. The van der Waals surface area contributed by atoms with Gasteiger partial charge in [-0.1, -0.05) is 91.0 Å². The minimum Gasteiger partial charge on any atom is -0.480 e. The van der Waals surface area contributed by atoms with Gasteiger partial charge in [-0.3, -0.25) is 4.79 Å². The van der Waals surface area contributed by atoms with E-state index in [4.69, 9.17) is 4.74 Å². The molecular formula is C26H25NO4. The number of carbonyl (C=O) groups is 2. The first-order chi connectivity index (χ1) is 15.1. The minimum absolute atomic E-state index is 0.212. The van der Waals surface area contributed by atoms with Crippen LogP contribution in [0.5, 0.6) is 0 Å². The zero-order valence-corrected chi connectivity index (χ0v) is 17.1. The number of amides is 1. The van der Waals surface area contributed by atoms with Gasteiger partial charge in [0, 0.05) is 13.0 Å². The number of benzene rings is 3. The summed E-state index contributed by atoms with van der Waals surface area (Å²) in [6.07, 6.45) is -0.0399. The second-order valence-corrected chi connectivity index (χ2v) is 7.75. The van der Waals surface area contributed by atoms with Crippen LogP contribution in [-0.4, -0.2) is 40.6 Å². The molecule has 31 heavy (non-hydrogen) atoms. The first-order valence-corrected chi connectivity index (χ1v) is 10.4. The molecule has 1 aliphatic heterocycles. The number of hydrogen-bond acceptors (Lipinski definition) is 3. The van der Waals surface area contributed by atoms with Gasteiger partial charge >= 0.3 is 5.97 Å². The smallest absolute Gasteiger partial charge is 0.326 e. The van der Waals surface area contributed by atoms with E-state index in [1.54, 1.807) is 0 Å². The summed E-state index contributed by atoms with van der Waals surface area (Å²) in [5, 5.41) is 9.81. The van der Waals surface area contributed by atoms with Gasteiger partial charge in [0.2, 0.25) is 5.91 Å². The summed E-state index contributed by atoms with van der Waals surface area (Å²) in [6.45, 7) is 0.652. The number of carboxylic acids is 1. The van der Waals surface area contributed by atoms with Crippen molar-refractivity contribution >= 4 is 11.9 Å². The van der Waals surface area contributed by atoms with E-state index in [1.807, 2.05) is 91.0 Å². The van der Waals surface area contributed by atoms with Gasteiger partial charge in [0.1, 0.15) is 6.04 Å². The molecule has 5 nitrogen and oxygen atoms in total. The summed E-state index contributed by atoms with van der Waals surface area (Å²) in [6, 6.07) is 27.8. The molecule has 2 unspecified atom stereocenters. The van der Waals surface area contributed by atoms with Crippen molar-refractivity contribution in [2.45, 2.75) is 31.1 Å². The average molecular weight is 415 g/mol. The largest absolute Gasteiger partial charge is 0.480 e. The van der Waals surface area contributed by atoms with E-state index in [9.17, 15) is 14.7 Å². The molecule has 1 N–H and O–H groups in total. The molecule has 158 valence electrons. The fourth-order valence-electron chi connectivity index (χ4n) is 4.12. The third-order valence-corrected chi connectivity index (χ3v) is 5.67. The summed E-state index contributed by atoms with van der Waals surface area (Å²) >= 11 is 0. The first kappa shape index (κ1) is 20.8. The van der Waals surface area contributed by atoms with Crippen LogP contribution in [0.3, 0.4) is 0 Å². The molecule has 0 aliphatic carbocycles. The number of carbonyl (C=O) groups excluding carboxylic acids is 1. The highest BCUT2D eigenvalue weighted by molar-refractivity contribution is 5.91. The Labute approximate surface area is 181 Å². The molecule has 5 heteroatoms. The van der Waals surface area contributed by atoms with Gasteiger partial charge in [0.05, 0.1) is 18.6 Å². The van der Waals surface area contributed by atoms with Crippen molar-refractivity contribution in [2.75, 3.05) is 6.54 Å². The predicted octanol–water partition coefficient (Wildman–Crippen LogP) is 4.09. The van der Waals surface area contributed by atoms with E-state index < -0.39 is 17.9 Å². The van der Waals surface area contributed by atoms with Gasteiger partial charge in [0.15, 0.2) is 0 Å². The Hall–Kier alpha value is -3.44. The maximum Gasteiger partial charge on any atom is 0.326 e. The Morgan fingerprint density at radius 3 is 1.90 bits per heavy atom. The van der Waals surface area contributed by atoms with Crippen LogP contribution in [-0.2, 0) is 20.9 Å². The standard InChI is InChI=1S/C26H25NO4/c28-25(24(20-12-6-2-7-13-20)21-14-8-3-9-15-21)27-17-22(16-23(27)26(29)30)31-18-19-10-4-1-5-11-19/h1-15,22-24H,16-18H2,(H,29,30). The molecule has 1 aliphatic rings. The lowest BCUT2D eigenvalue weighted by molar-refractivity contribution is -0.148. The lowest BCUT2D eigenvalue weighted by Gasteiger charge is -2.27. The molecule has 3 aromatic rings. The van der Waals surface area contributed by atoms with Crippen molar-refractivity contribution in [1.29, 1.82) is 0 Å². The van der Waals surface area contributed by atoms with Crippen LogP contribution in [0.1, 0.15) is 29.0 Å². The van der Waals surface area contributed by atoms with Gasteiger partial charge in [-0.25, -0.2) is 4.79 Å². The average Bonchev–Trinajstić information content (AvgIpc) is 3.25. The number of likely N-dealkylation sites (tertiary alicyclic amines) is 1. The number of hydrogen-bond donors (Lipinski definition) is 1. The topological polar surface area (TPSA) is 66.8 Å². The number of nitrogens with zero attached hydrogens (tertiary/aromatic N) is 1. The van der Waals surface area contributed by atoms with E-state index in [2.05, 4.69) is 0 Å². The molecule has 1 amide bonds. The van der Waals surface area contributed by atoms with Gasteiger partial charge in [0.25, 0.3) is 0 Å². The third kappa shape index (κ3) is 4.84. The maximum absolute atomic E-state index is 13.7. The molecule has 0 bridgehead atoms. The lowest BCUT2D eigenvalue weighted by atomic mass is 9.90. The third-order valence-electron chi connectivity index (χ3n) is 5.67. The Balaban J connectivity index is 1.57. The summed E-state index contributed by atoms with van der Waals surface area (Å²) in [5.41, 5.74) is 2.71. The SMILES string of the molecule is O=C(O)C1CC(OCc2ccccc2)CN1C(=O)C(c1ccccc1)c1ccccc1. The van der Waals surface area contributed by atoms with Crippen LogP contribution in [0.2, 0.25) is 0 Å². The summed E-state index contributed by atoms with van der Waals surface area (Å²) in [4.78, 5) is 27.1. The van der Waals surface area contributed by atoms with Crippen molar-refractivity contribution in [2.24, 2.45) is 0 Å². The summed E-state index contributed by atoms with van der Waals surface area (Å²) in [5.74, 6) is -1.77. The van der Waals surface area contributed by atoms with Crippen molar-refractivity contribution in [1.82, 2.24) is 4.90 Å². The van der Waals surface area contributed by atoms with Gasteiger partial charge < -0.3 is 14.7 Å². The molecule has 1 saturated heterocycles. The van der Waals surface area contributed by atoms with Crippen molar-refractivity contribution in [3.05, 3.63) is 108 Å². The van der Waals surface area contributed by atoms with Crippen molar-refractivity contribution in [3.8, 4) is 0 Å². The van der Waals surface area contributed by atoms with Crippen LogP contribution in [0.25, 0.3) is 0 Å². The second kappa shape index (κ2) is 9.58. The monoisotopic (exact) mass is 415 g/mol. The number of rotatable bonds is 7. The Bertz CT molecular complexity index is 968. The maximum atomic E-state index is 13.7. The van der Waals surface area contributed by atoms with Gasteiger partial charge in [-0.15, -0.1) is 0 Å². The fourth-order valence-corrected chi connectivity index (χ4v) is 4.12. The number of ether oxygens (including phenoxy) is 1. The first-order valence-electron chi connectivity index (χ1n) is 10.4. The predicted molar refractivity (Wildman–Crippen MR) is 117 cm³/mol. The highest BCUT2D eigenvalue weighted by atomic mass is 16.5. The van der Waals surface area contributed by atoms with E-state index in [-0.39, 0.29) is 25.0 Å². The number of carboxylic acid groups (broad SMARTS) is 1. The molecule has 0 aromatic heterocycles. The van der Waals surface area contributed by atoms with Crippen LogP contribution >= 0.6 is 0 Å². The Morgan fingerprint density at radius 2 is 1.39 bits per heavy atom. The lowest BCUT2D eigenvalue weighted by Crippen LogP contribution is -2.43. The molecule has 3 aromatic carbocycles. The highest BCUT2D eigenvalue weighted by Gasteiger charge is 2.42. The van der Waals surface area contributed by atoms with Crippen molar-refractivity contribution in [3.63, 3.8) is 0 Å². The van der Waals surface area contributed by atoms with E-state index in [0.717, 1.165) is 16.7 Å². The highest BCUT2D eigenvalue weighted by Crippen LogP contribution is 2.31. The fraction of sp³-hybridized carbons (Fsp3) is 0.231. The van der Waals surface area contributed by atoms with Crippen LogP contribution < -0.4 is 0 Å². The molecule has 0 saturated carbocycles. The van der Waals surface area contributed by atoms with E-state index >= 15 is 0 Å². The Morgan fingerprint density at radius 1 is 0.871 bits per heavy atom. The summed E-state index contributed by atoms with van der Waals surface area (Å²) in [7, 11) is 0. The molecular weight excluding hydrogens is 390 g/mol. The van der Waals surface area contributed by atoms with Crippen molar-refractivity contribution < 1.29 is 19.4 Å². The Kier molecular flexibility index (Phi) is 6.43. The molecule has 4 rings (SSSR count). The van der Waals surface area contributed by atoms with Gasteiger partial charge in [-0.2, -0.15) is 0 Å². The minimum atomic E-state index is -1.00. The quantitative estimate of drug-likeness (QED) is 0.631. The van der Waals surface area contributed by atoms with E-state index in [1.165, 1.54) is 4.90 Å². The summed E-state index contributed by atoms with van der Waals surface area (Å²) < 4.78 is 5.98. The molecule has 1 fully saturated rings. The normalized spacial score (nSPS) is 18.3. The van der Waals surface area contributed by atoms with Crippen LogP contribution in [0, 0.1) is 0 Å². The molecule has 0 radical (unpaired) electrons. The zero-order valence-electron chi connectivity index (χ0n) is 17.1. The molecule has 2 atom stereocenters. The second-order valence-electron chi connectivity index (χ2n) is 7.75. The van der Waals surface area contributed by atoms with E-state index in [0.29, 0.717) is 6.61 Å².